The van der Waals surface area contributed by atoms with Crippen LogP contribution in [-0.4, -0.2) is 5.78 Å². The van der Waals surface area contributed by atoms with Crippen molar-refractivity contribution in [2.45, 2.75) is 38.5 Å². The van der Waals surface area contributed by atoms with Crippen LogP contribution >= 0.6 is 0 Å². The van der Waals surface area contributed by atoms with E-state index >= 15 is 0 Å². The van der Waals surface area contributed by atoms with Gasteiger partial charge in [0, 0.05) is 5.92 Å². The second-order valence-corrected chi connectivity index (χ2v) is 4.65. The van der Waals surface area contributed by atoms with Crippen molar-refractivity contribution < 1.29 is 13.6 Å². The Balaban J connectivity index is 2.23. The van der Waals surface area contributed by atoms with Gasteiger partial charge in [-0.25, -0.2) is 8.78 Å². The van der Waals surface area contributed by atoms with E-state index in [1.54, 1.807) is 0 Å². The second kappa shape index (κ2) is 5.39. The van der Waals surface area contributed by atoms with Crippen LogP contribution in [-0.2, 0) is 0 Å². The average Bonchev–Trinajstić information content (AvgIpc) is 2.57. The molecule has 1 aliphatic carbocycles. The highest BCUT2D eigenvalue weighted by Gasteiger charge is 2.26. The van der Waals surface area contributed by atoms with Gasteiger partial charge in [-0.05, 0) is 25.0 Å². The number of hydrogen-bond acceptors (Lipinski definition) is 1. The molecule has 0 unspecified atom stereocenters. The summed E-state index contributed by atoms with van der Waals surface area (Å²) in [5.41, 5.74) is -0.348. The van der Waals surface area contributed by atoms with Crippen molar-refractivity contribution in [2.75, 3.05) is 0 Å². The smallest absolute Gasteiger partial charge is 0.171 e. The van der Waals surface area contributed by atoms with Gasteiger partial charge < -0.3 is 0 Å². The lowest BCUT2D eigenvalue weighted by Crippen LogP contribution is -2.17. The van der Waals surface area contributed by atoms with Crippen LogP contribution in [0, 0.1) is 17.6 Å². The molecule has 0 aliphatic heterocycles. The minimum atomic E-state index is -0.737. The minimum absolute atomic E-state index is 0.205. The largest absolute Gasteiger partial charge is 0.294 e. The summed E-state index contributed by atoms with van der Waals surface area (Å²) in [4.78, 5) is 12.1. The Bertz CT molecular complexity index is 386. The Labute approximate surface area is 99.8 Å². The Morgan fingerprint density at radius 2 is 1.53 bits per heavy atom. The summed E-state index contributed by atoms with van der Waals surface area (Å²) in [6, 6.07) is 3.58. The lowest BCUT2D eigenvalue weighted by Gasteiger charge is -2.13. The van der Waals surface area contributed by atoms with Gasteiger partial charge in [-0.3, -0.25) is 4.79 Å². The first-order chi connectivity index (χ1) is 8.20. The normalized spacial score (nSPS) is 17.8. The zero-order valence-electron chi connectivity index (χ0n) is 9.72. The molecule has 0 saturated heterocycles. The average molecular weight is 238 g/mol. The third kappa shape index (κ3) is 2.71. The van der Waals surface area contributed by atoms with Crippen LogP contribution in [0.4, 0.5) is 8.78 Å². The monoisotopic (exact) mass is 238 g/mol. The van der Waals surface area contributed by atoms with Gasteiger partial charge in [0.25, 0.3) is 0 Å². The zero-order valence-corrected chi connectivity index (χ0v) is 9.72. The number of carbonyl (C=O) groups excluding carboxylic acids is 1. The van der Waals surface area contributed by atoms with Crippen molar-refractivity contribution >= 4 is 5.78 Å². The van der Waals surface area contributed by atoms with Crippen LogP contribution in [0.15, 0.2) is 18.2 Å². The molecule has 0 heterocycles. The number of hydrogen-bond donors (Lipinski definition) is 0. The van der Waals surface area contributed by atoms with Gasteiger partial charge in [-0.1, -0.05) is 31.7 Å². The first kappa shape index (κ1) is 12.2. The molecular weight excluding hydrogens is 222 g/mol. The molecule has 0 bridgehead atoms. The van der Waals surface area contributed by atoms with Gasteiger partial charge in [-0.2, -0.15) is 0 Å². The van der Waals surface area contributed by atoms with Gasteiger partial charge in [0.05, 0.1) is 5.56 Å². The van der Waals surface area contributed by atoms with Crippen LogP contribution in [0.3, 0.4) is 0 Å². The van der Waals surface area contributed by atoms with E-state index in [1.165, 1.54) is 6.07 Å². The highest BCUT2D eigenvalue weighted by Crippen LogP contribution is 2.27. The summed E-state index contributed by atoms with van der Waals surface area (Å²) in [5, 5.41) is 0. The van der Waals surface area contributed by atoms with Gasteiger partial charge >= 0.3 is 0 Å². The zero-order chi connectivity index (χ0) is 12.3. The molecule has 1 aromatic rings. The van der Waals surface area contributed by atoms with Crippen molar-refractivity contribution in [3.8, 4) is 0 Å². The molecule has 0 amide bonds. The molecule has 1 fully saturated rings. The SMILES string of the molecule is O=C(c1c(F)cccc1F)C1CCCCCC1. The van der Waals surface area contributed by atoms with E-state index in [-0.39, 0.29) is 17.3 Å². The standard InChI is InChI=1S/C14H16F2O/c15-11-8-5-9-12(16)13(11)14(17)10-6-3-1-2-4-7-10/h5,8-10H,1-4,6-7H2. The topological polar surface area (TPSA) is 17.1 Å². The van der Waals surface area contributed by atoms with Crippen LogP contribution in [0.5, 0.6) is 0 Å². The molecule has 1 aliphatic rings. The minimum Gasteiger partial charge on any atom is -0.294 e. The van der Waals surface area contributed by atoms with Crippen molar-refractivity contribution in [3.05, 3.63) is 35.4 Å². The molecule has 0 radical (unpaired) electrons. The van der Waals surface area contributed by atoms with E-state index in [4.69, 9.17) is 0 Å². The molecule has 1 saturated carbocycles. The summed E-state index contributed by atoms with van der Waals surface area (Å²) in [6.45, 7) is 0. The maximum atomic E-state index is 13.5. The quantitative estimate of drug-likeness (QED) is 0.559. The third-order valence-electron chi connectivity index (χ3n) is 3.44. The number of halogens is 2. The fourth-order valence-electron chi connectivity index (χ4n) is 2.48. The molecule has 0 atom stereocenters. The molecule has 3 heteroatoms. The van der Waals surface area contributed by atoms with Gasteiger partial charge in [-0.15, -0.1) is 0 Å². The van der Waals surface area contributed by atoms with Gasteiger partial charge in [0.2, 0.25) is 0 Å². The van der Waals surface area contributed by atoms with E-state index in [1.807, 2.05) is 0 Å². The summed E-state index contributed by atoms with van der Waals surface area (Å²) < 4.78 is 27.0. The highest BCUT2D eigenvalue weighted by atomic mass is 19.1. The van der Waals surface area contributed by atoms with Crippen molar-refractivity contribution in [3.63, 3.8) is 0 Å². The Kier molecular flexibility index (Phi) is 3.87. The first-order valence-electron chi connectivity index (χ1n) is 6.18. The first-order valence-corrected chi connectivity index (χ1v) is 6.18. The van der Waals surface area contributed by atoms with Crippen molar-refractivity contribution in [1.82, 2.24) is 0 Å². The van der Waals surface area contributed by atoms with Crippen LogP contribution in [0.25, 0.3) is 0 Å². The number of benzene rings is 1. The summed E-state index contributed by atoms with van der Waals surface area (Å²) in [5.74, 6) is -2.04. The molecule has 0 aromatic heterocycles. The maximum absolute atomic E-state index is 13.5. The second-order valence-electron chi connectivity index (χ2n) is 4.65. The maximum Gasteiger partial charge on any atom is 0.171 e. The highest BCUT2D eigenvalue weighted by molar-refractivity contribution is 5.98. The van der Waals surface area contributed by atoms with Crippen LogP contribution in [0.1, 0.15) is 48.9 Å². The van der Waals surface area contributed by atoms with Gasteiger partial charge in [0.15, 0.2) is 5.78 Å². The van der Waals surface area contributed by atoms with Gasteiger partial charge in [0.1, 0.15) is 11.6 Å². The Morgan fingerprint density at radius 3 is 2.06 bits per heavy atom. The Morgan fingerprint density at radius 1 is 1.00 bits per heavy atom. The lowest BCUT2D eigenvalue weighted by atomic mass is 9.90. The van der Waals surface area contributed by atoms with Crippen LogP contribution < -0.4 is 0 Å². The predicted molar refractivity (Wildman–Crippen MR) is 61.9 cm³/mol. The van der Waals surface area contributed by atoms with Crippen molar-refractivity contribution in [1.29, 1.82) is 0 Å². The van der Waals surface area contributed by atoms with E-state index in [0.29, 0.717) is 0 Å². The van der Waals surface area contributed by atoms with E-state index in [2.05, 4.69) is 0 Å². The van der Waals surface area contributed by atoms with Crippen molar-refractivity contribution in [2.24, 2.45) is 5.92 Å². The fraction of sp³-hybridized carbons (Fsp3) is 0.500. The number of carbonyl (C=O) groups is 1. The predicted octanol–water partition coefficient (Wildman–Crippen LogP) is 4.12. The van der Waals surface area contributed by atoms with E-state index < -0.39 is 11.6 Å². The van der Waals surface area contributed by atoms with E-state index in [9.17, 15) is 13.6 Å². The molecule has 2 rings (SSSR count). The molecule has 17 heavy (non-hydrogen) atoms. The number of Topliss-reactive ketones (excluding diaryl/α,β-unsaturated/α-hetero) is 1. The molecule has 1 aromatic carbocycles. The number of rotatable bonds is 2. The van der Waals surface area contributed by atoms with Crippen LogP contribution in [0.2, 0.25) is 0 Å². The molecular formula is C14H16F2O. The fourth-order valence-corrected chi connectivity index (χ4v) is 2.48. The molecule has 0 spiro atoms. The summed E-state index contributed by atoms with van der Waals surface area (Å²) in [7, 11) is 0. The molecule has 92 valence electrons. The number of ketones is 1. The third-order valence-corrected chi connectivity index (χ3v) is 3.44. The van der Waals surface area contributed by atoms with E-state index in [0.717, 1.165) is 50.7 Å². The Hall–Kier alpha value is -1.25. The molecule has 0 N–H and O–H groups in total. The summed E-state index contributed by atoms with van der Waals surface area (Å²) in [6.07, 6.45) is 5.70. The lowest BCUT2D eigenvalue weighted by molar-refractivity contribution is 0.0899. The summed E-state index contributed by atoms with van der Waals surface area (Å²) >= 11 is 0. The molecule has 1 nitrogen and oxygen atoms in total.